The fourth-order valence-corrected chi connectivity index (χ4v) is 3.65. The first-order valence-electron chi connectivity index (χ1n) is 11.5. The molecule has 37 heavy (non-hydrogen) atoms. The molecule has 0 spiro atoms. The Labute approximate surface area is 215 Å². The molecule has 4 rings (SSSR count). The molecule has 6 heteroatoms. The number of hydrogen-bond acceptors (Lipinski definition) is 6. The van der Waals surface area contributed by atoms with Gasteiger partial charge in [-0.3, -0.25) is 0 Å². The Morgan fingerprint density at radius 2 is 1.24 bits per heavy atom. The fourth-order valence-electron chi connectivity index (χ4n) is 3.65. The highest BCUT2D eigenvalue weighted by molar-refractivity contribution is 5.84. The molecule has 0 saturated heterocycles. The van der Waals surface area contributed by atoms with Crippen molar-refractivity contribution in [1.29, 1.82) is 0 Å². The zero-order chi connectivity index (χ0) is 26.0. The number of carbonyl (C=O) groups excluding carboxylic acids is 2. The molecule has 6 nitrogen and oxygen atoms in total. The Kier molecular flexibility index (Phi) is 8.14. The monoisotopic (exact) mass is 491 g/mol. The maximum absolute atomic E-state index is 11.8. The summed E-state index contributed by atoms with van der Waals surface area (Å²) in [5.74, 6) is -0.214. The average molecular weight is 492 g/mol. The molecule has 184 valence electrons. The number of hydrogen-bond donors (Lipinski definition) is 0. The molecule has 0 aliphatic rings. The predicted octanol–water partition coefficient (Wildman–Crippen LogP) is 6.98. The van der Waals surface area contributed by atoms with Gasteiger partial charge >= 0.3 is 11.9 Å². The molecule has 0 aliphatic heterocycles. The quantitative estimate of drug-likeness (QED) is 0.103. The van der Waals surface area contributed by atoms with Crippen molar-refractivity contribution in [2.75, 3.05) is 11.7 Å². The Hall–Kier alpha value is -5.10. The van der Waals surface area contributed by atoms with Crippen LogP contribution in [0.3, 0.4) is 0 Å². The molecule has 0 unspecified atom stereocenters. The van der Waals surface area contributed by atoms with E-state index in [0.717, 1.165) is 40.3 Å². The van der Waals surface area contributed by atoms with Gasteiger partial charge < -0.3 is 19.1 Å². The third-order valence-corrected chi connectivity index (χ3v) is 5.36. The Balaban J connectivity index is 1.70. The smallest absolute Gasteiger partial charge is 0.335 e. The number of nitrogens with zero attached hydrogens (tertiary/aromatic N) is 1. The summed E-state index contributed by atoms with van der Waals surface area (Å²) >= 11 is 0. The second kappa shape index (κ2) is 12.0. The van der Waals surface area contributed by atoms with Gasteiger partial charge in [0.25, 0.3) is 0 Å². The third kappa shape index (κ3) is 6.52. The van der Waals surface area contributed by atoms with Crippen molar-refractivity contribution in [3.8, 4) is 22.6 Å². The van der Waals surface area contributed by atoms with E-state index in [0.29, 0.717) is 11.5 Å². The van der Waals surface area contributed by atoms with Crippen LogP contribution in [0, 0.1) is 0 Å². The maximum atomic E-state index is 11.8. The maximum Gasteiger partial charge on any atom is 0.335 e. The Morgan fingerprint density at radius 1 is 0.649 bits per heavy atom. The number of rotatable bonds is 10. The van der Waals surface area contributed by atoms with Crippen molar-refractivity contribution < 1.29 is 23.8 Å². The minimum atomic E-state index is -0.567. The molecule has 0 aliphatic carbocycles. The van der Waals surface area contributed by atoms with Crippen LogP contribution < -0.4 is 14.4 Å². The zero-order valence-electron chi connectivity index (χ0n) is 20.1. The molecule has 0 atom stereocenters. The third-order valence-electron chi connectivity index (χ3n) is 5.36. The van der Waals surface area contributed by atoms with E-state index in [-0.39, 0.29) is 6.79 Å². The van der Waals surface area contributed by atoms with E-state index in [1.807, 2.05) is 77.7 Å². The predicted molar refractivity (Wildman–Crippen MR) is 144 cm³/mol. The summed E-state index contributed by atoms with van der Waals surface area (Å²) in [6.45, 7) is 6.59. The van der Waals surface area contributed by atoms with Crippen LogP contribution in [0.5, 0.6) is 11.5 Å². The van der Waals surface area contributed by atoms with Gasteiger partial charge in [0.1, 0.15) is 11.5 Å². The van der Waals surface area contributed by atoms with Gasteiger partial charge in [-0.2, -0.15) is 0 Å². The first-order valence-corrected chi connectivity index (χ1v) is 11.5. The first kappa shape index (κ1) is 25.0. The highest BCUT2D eigenvalue weighted by Crippen LogP contribution is 2.38. The van der Waals surface area contributed by atoms with E-state index < -0.39 is 11.9 Å². The molecule has 0 aromatic heterocycles. The molecule has 0 heterocycles. The lowest BCUT2D eigenvalue weighted by Crippen LogP contribution is -2.11. The SMILES string of the molecule is C=CC(=O)OCOc1cccc(N(c2ccc(-c3ccccc3)cc2)c2cccc(OC(=O)C=C)c2)c1. The highest BCUT2D eigenvalue weighted by Gasteiger charge is 2.15. The molecule has 4 aromatic rings. The van der Waals surface area contributed by atoms with Crippen molar-refractivity contribution in [1.82, 2.24) is 0 Å². The molecule has 4 aromatic carbocycles. The number of benzene rings is 4. The molecule has 0 N–H and O–H groups in total. The average Bonchev–Trinajstić information content (AvgIpc) is 2.94. The number of carbonyl (C=O) groups is 2. The zero-order valence-corrected chi connectivity index (χ0v) is 20.1. The summed E-state index contributed by atoms with van der Waals surface area (Å²) in [6.07, 6.45) is 2.19. The Morgan fingerprint density at radius 3 is 1.89 bits per heavy atom. The standard InChI is InChI=1S/C31H25NO5/c1-3-30(33)36-22-35-28-14-8-12-26(20-28)32(27-13-9-15-29(21-27)37-31(34)4-2)25-18-16-24(17-19-25)23-10-6-5-7-11-23/h3-21H,1-2,22H2. The van der Waals surface area contributed by atoms with E-state index in [1.54, 1.807) is 18.2 Å². The van der Waals surface area contributed by atoms with Gasteiger partial charge in [-0.05, 0) is 47.5 Å². The molecule has 0 saturated carbocycles. The van der Waals surface area contributed by atoms with Crippen molar-refractivity contribution in [3.63, 3.8) is 0 Å². The van der Waals surface area contributed by atoms with Crippen LogP contribution in [-0.2, 0) is 14.3 Å². The summed E-state index contributed by atoms with van der Waals surface area (Å²) in [7, 11) is 0. The normalized spacial score (nSPS) is 10.2. The van der Waals surface area contributed by atoms with Crippen LogP contribution >= 0.6 is 0 Å². The largest absolute Gasteiger partial charge is 0.457 e. The van der Waals surface area contributed by atoms with Crippen LogP contribution in [0.4, 0.5) is 17.1 Å². The minimum Gasteiger partial charge on any atom is -0.457 e. The summed E-state index contributed by atoms with van der Waals surface area (Å²) in [5, 5.41) is 0. The summed E-state index contributed by atoms with van der Waals surface area (Å²) in [4.78, 5) is 25.1. The first-order chi connectivity index (χ1) is 18.1. The van der Waals surface area contributed by atoms with Crippen LogP contribution in [0.2, 0.25) is 0 Å². The summed E-state index contributed by atoms with van der Waals surface area (Å²) in [5.41, 5.74) is 4.62. The van der Waals surface area contributed by atoms with Gasteiger partial charge in [0.2, 0.25) is 6.79 Å². The lowest BCUT2D eigenvalue weighted by molar-refractivity contribution is -0.144. The van der Waals surface area contributed by atoms with E-state index >= 15 is 0 Å². The number of anilines is 3. The minimum absolute atomic E-state index is 0.243. The van der Waals surface area contributed by atoms with E-state index in [4.69, 9.17) is 14.2 Å². The highest BCUT2D eigenvalue weighted by atomic mass is 16.7. The van der Waals surface area contributed by atoms with E-state index in [9.17, 15) is 9.59 Å². The van der Waals surface area contributed by atoms with Gasteiger partial charge in [-0.15, -0.1) is 0 Å². The lowest BCUT2D eigenvalue weighted by atomic mass is 10.0. The summed E-state index contributed by atoms with van der Waals surface area (Å²) in [6, 6.07) is 32.8. The number of ether oxygens (including phenoxy) is 3. The summed E-state index contributed by atoms with van der Waals surface area (Å²) < 4.78 is 15.9. The fraction of sp³-hybridized carbons (Fsp3) is 0.0323. The van der Waals surface area contributed by atoms with Crippen LogP contribution in [0.15, 0.2) is 128 Å². The van der Waals surface area contributed by atoms with Gasteiger partial charge in [0.05, 0.1) is 0 Å². The van der Waals surface area contributed by atoms with Crippen LogP contribution in [0.25, 0.3) is 11.1 Å². The second-order valence-electron chi connectivity index (χ2n) is 7.80. The van der Waals surface area contributed by atoms with Crippen LogP contribution in [-0.4, -0.2) is 18.7 Å². The van der Waals surface area contributed by atoms with Crippen molar-refractivity contribution >= 4 is 29.0 Å². The Bertz CT molecular complexity index is 1400. The molecule has 0 amide bonds. The molecular formula is C31H25NO5. The van der Waals surface area contributed by atoms with Crippen molar-refractivity contribution in [3.05, 3.63) is 128 Å². The van der Waals surface area contributed by atoms with E-state index in [2.05, 4.69) is 25.3 Å². The van der Waals surface area contributed by atoms with Crippen LogP contribution in [0.1, 0.15) is 0 Å². The molecule has 0 radical (unpaired) electrons. The van der Waals surface area contributed by atoms with E-state index in [1.165, 1.54) is 0 Å². The van der Waals surface area contributed by atoms with Crippen molar-refractivity contribution in [2.45, 2.75) is 0 Å². The lowest BCUT2D eigenvalue weighted by Gasteiger charge is -2.26. The van der Waals surface area contributed by atoms with Crippen molar-refractivity contribution in [2.24, 2.45) is 0 Å². The number of esters is 2. The molecule has 0 bridgehead atoms. The second-order valence-corrected chi connectivity index (χ2v) is 7.80. The van der Waals surface area contributed by atoms with Gasteiger partial charge in [0, 0.05) is 41.3 Å². The molecule has 0 fully saturated rings. The van der Waals surface area contributed by atoms with Gasteiger partial charge in [-0.25, -0.2) is 9.59 Å². The molecular weight excluding hydrogens is 466 g/mol. The van der Waals surface area contributed by atoms with Gasteiger partial charge in [0.15, 0.2) is 0 Å². The van der Waals surface area contributed by atoms with Gasteiger partial charge in [-0.1, -0.05) is 67.8 Å². The topological polar surface area (TPSA) is 65.1 Å².